The second kappa shape index (κ2) is 2.98. The molecule has 0 aliphatic heterocycles. The van der Waals surface area contributed by atoms with Gasteiger partial charge in [-0.25, -0.2) is 9.97 Å². The van der Waals surface area contributed by atoms with Crippen molar-refractivity contribution in [2.24, 2.45) is 5.73 Å². The van der Waals surface area contributed by atoms with Crippen LogP contribution in [-0.4, -0.2) is 15.9 Å². The number of primary amides is 1. The molecular formula is C7H5N3O2S. The van der Waals surface area contributed by atoms with Crippen molar-refractivity contribution >= 4 is 17.2 Å². The van der Waals surface area contributed by atoms with Gasteiger partial charge in [-0.05, 0) is 0 Å². The third-order valence-electron chi connectivity index (χ3n) is 1.41. The van der Waals surface area contributed by atoms with Gasteiger partial charge in [-0.3, -0.25) is 4.79 Å². The number of nitrogens with zero attached hydrogens (tertiary/aromatic N) is 2. The number of carbonyl (C=O) groups is 1. The molecule has 0 aliphatic carbocycles. The van der Waals surface area contributed by atoms with Crippen LogP contribution in [0.15, 0.2) is 21.6 Å². The Morgan fingerprint density at radius 1 is 1.62 bits per heavy atom. The first-order chi connectivity index (χ1) is 6.27. The predicted octanol–water partition coefficient (Wildman–Crippen LogP) is 0.897. The lowest BCUT2D eigenvalue weighted by molar-refractivity contribution is 0.0995. The molecule has 0 saturated heterocycles. The Labute approximate surface area is 77.2 Å². The van der Waals surface area contributed by atoms with Gasteiger partial charge in [0.05, 0.1) is 5.51 Å². The highest BCUT2D eigenvalue weighted by Crippen LogP contribution is 2.17. The van der Waals surface area contributed by atoms with E-state index in [2.05, 4.69) is 9.97 Å². The maximum Gasteiger partial charge on any atom is 0.270 e. The molecule has 0 radical (unpaired) electrons. The fourth-order valence-corrected chi connectivity index (χ4v) is 1.35. The molecule has 0 bridgehead atoms. The monoisotopic (exact) mass is 195 g/mol. The predicted molar refractivity (Wildman–Crippen MR) is 46.1 cm³/mol. The first kappa shape index (κ1) is 7.93. The Kier molecular flexibility index (Phi) is 1.82. The molecule has 2 rings (SSSR count). The molecule has 66 valence electrons. The summed E-state index contributed by atoms with van der Waals surface area (Å²) in [6, 6.07) is 0. The van der Waals surface area contributed by atoms with E-state index < -0.39 is 5.91 Å². The SMILES string of the molecule is NC(=O)c1coc(-c2cscn2)n1. The summed E-state index contributed by atoms with van der Waals surface area (Å²) in [6.45, 7) is 0. The Morgan fingerprint density at radius 2 is 2.46 bits per heavy atom. The molecule has 13 heavy (non-hydrogen) atoms. The zero-order valence-corrected chi connectivity index (χ0v) is 7.25. The average Bonchev–Trinajstić information content (AvgIpc) is 2.75. The van der Waals surface area contributed by atoms with Crippen molar-refractivity contribution in [1.29, 1.82) is 0 Å². The highest BCUT2D eigenvalue weighted by Gasteiger charge is 2.11. The first-order valence-corrected chi connectivity index (χ1v) is 4.35. The van der Waals surface area contributed by atoms with Crippen LogP contribution in [0.3, 0.4) is 0 Å². The number of hydrogen-bond acceptors (Lipinski definition) is 5. The molecule has 2 aromatic rings. The Bertz CT molecular complexity index is 421. The highest BCUT2D eigenvalue weighted by atomic mass is 32.1. The van der Waals surface area contributed by atoms with Crippen LogP contribution in [-0.2, 0) is 0 Å². The van der Waals surface area contributed by atoms with Gasteiger partial charge >= 0.3 is 0 Å². The van der Waals surface area contributed by atoms with Crippen LogP contribution in [0.5, 0.6) is 0 Å². The van der Waals surface area contributed by atoms with Gasteiger partial charge in [-0.2, -0.15) is 0 Å². The van der Waals surface area contributed by atoms with E-state index in [9.17, 15) is 4.79 Å². The Balaban J connectivity index is 2.39. The van der Waals surface area contributed by atoms with Crippen molar-refractivity contribution in [1.82, 2.24) is 9.97 Å². The van der Waals surface area contributed by atoms with Crippen molar-refractivity contribution in [3.8, 4) is 11.6 Å². The van der Waals surface area contributed by atoms with E-state index >= 15 is 0 Å². The topological polar surface area (TPSA) is 82.0 Å². The smallest absolute Gasteiger partial charge is 0.270 e. The minimum absolute atomic E-state index is 0.114. The van der Waals surface area contributed by atoms with Crippen molar-refractivity contribution in [2.45, 2.75) is 0 Å². The van der Waals surface area contributed by atoms with Crippen LogP contribution >= 0.6 is 11.3 Å². The summed E-state index contributed by atoms with van der Waals surface area (Å²) in [5.41, 5.74) is 7.38. The van der Waals surface area contributed by atoms with Gasteiger partial charge in [0, 0.05) is 5.38 Å². The molecule has 2 aromatic heterocycles. The average molecular weight is 195 g/mol. The number of nitrogens with two attached hydrogens (primary N) is 1. The van der Waals surface area contributed by atoms with E-state index in [-0.39, 0.29) is 5.69 Å². The van der Waals surface area contributed by atoms with Crippen LogP contribution in [0.1, 0.15) is 10.5 Å². The zero-order valence-electron chi connectivity index (χ0n) is 6.43. The minimum Gasteiger partial charge on any atom is -0.442 e. The largest absolute Gasteiger partial charge is 0.442 e. The molecule has 0 aromatic carbocycles. The first-order valence-electron chi connectivity index (χ1n) is 3.41. The van der Waals surface area contributed by atoms with Crippen molar-refractivity contribution < 1.29 is 9.21 Å². The molecule has 5 nitrogen and oxygen atoms in total. The van der Waals surface area contributed by atoms with E-state index in [1.54, 1.807) is 10.9 Å². The number of aromatic nitrogens is 2. The van der Waals surface area contributed by atoms with E-state index in [1.807, 2.05) is 0 Å². The lowest BCUT2D eigenvalue weighted by Gasteiger charge is -1.83. The van der Waals surface area contributed by atoms with Crippen molar-refractivity contribution in [3.05, 3.63) is 22.8 Å². The summed E-state index contributed by atoms with van der Waals surface area (Å²) in [5.74, 6) is -0.291. The number of hydrogen-bond donors (Lipinski definition) is 1. The summed E-state index contributed by atoms with van der Waals surface area (Å²) in [4.78, 5) is 18.5. The van der Waals surface area contributed by atoms with E-state index in [1.165, 1.54) is 17.6 Å². The number of amides is 1. The van der Waals surface area contributed by atoms with Gasteiger partial charge in [-0.15, -0.1) is 11.3 Å². The van der Waals surface area contributed by atoms with Gasteiger partial charge in [0.2, 0.25) is 5.89 Å². The third-order valence-corrected chi connectivity index (χ3v) is 1.99. The number of carbonyl (C=O) groups excluding carboxylic acids is 1. The van der Waals surface area contributed by atoms with E-state index in [0.29, 0.717) is 11.6 Å². The standard InChI is InChI=1S/C7H5N3O2S/c8-6(11)4-1-12-7(10-4)5-2-13-3-9-5/h1-3H,(H2,8,11). The molecule has 0 aliphatic rings. The lowest BCUT2D eigenvalue weighted by Crippen LogP contribution is -2.10. The lowest BCUT2D eigenvalue weighted by atomic mass is 10.4. The summed E-state index contributed by atoms with van der Waals surface area (Å²) in [7, 11) is 0. The number of rotatable bonds is 2. The third kappa shape index (κ3) is 1.43. The van der Waals surface area contributed by atoms with Gasteiger partial charge in [-0.1, -0.05) is 0 Å². The second-order valence-electron chi connectivity index (χ2n) is 2.28. The van der Waals surface area contributed by atoms with Crippen LogP contribution in [0, 0.1) is 0 Å². The normalized spacial score (nSPS) is 10.2. The summed E-state index contributed by atoms with van der Waals surface area (Å²) in [6.07, 6.45) is 1.22. The van der Waals surface area contributed by atoms with Crippen LogP contribution in [0.4, 0.5) is 0 Å². The molecule has 2 heterocycles. The van der Waals surface area contributed by atoms with Crippen LogP contribution in [0.2, 0.25) is 0 Å². The Hall–Kier alpha value is -1.69. The van der Waals surface area contributed by atoms with Crippen molar-refractivity contribution in [3.63, 3.8) is 0 Å². The van der Waals surface area contributed by atoms with Crippen LogP contribution < -0.4 is 5.73 Å². The molecule has 0 spiro atoms. The second-order valence-corrected chi connectivity index (χ2v) is 2.99. The van der Waals surface area contributed by atoms with Crippen LogP contribution in [0.25, 0.3) is 11.6 Å². The molecule has 1 amide bonds. The quantitative estimate of drug-likeness (QED) is 0.771. The maximum absolute atomic E-state index is 10.7. The summed E-state index contributed by atoms with van der Waals surface area (Å²) < 4.78 is 5.00. The minimum atomic E-state index is -0.606. The zero-order chi connectivity index (χ0) is 9.26. The fourth-order valence-electron chi connectivity index (χ4n) is 0.823. The number of oxazole rings is 1. The van der Waals surface area contributed by atoms with Gasteiger partial charge in [0.15, 0.2) is 5.69 Å². The number of thiazole rings is 1. The fraction of sp³-hybridized carbons (Fsp3) is 0. The molecule has 0 fully saturated rings. The highest BCUT2D eigenvalue weighted by molar-refractivity contribution is 7.07. The van der Waals surface area contributed by atoms with E-state index in [0.717, 1.165) is 0 Å². The molecule has 2 N–H and O–H groups in total. The molecule has 0 unspecified atom stereocenters. The summed E-state index contributed by atoms with van der Waals surface area (Å²) in [5, 5.41) is 1.77. The maximum atomic E-state index is 10.7. The molecular weight excluding hydrogens is 190 g/mol. The molecule has 0 atom stereocenters. The molecule has 0 saturated carbocycles. The Morgan fingerprint density at radius 3 is 3.00 bits per heavy atom. The molecule has 6 heteroatoms. The van der Waals surface area contributed by atoms with Gasteiger partial charge in [0.25, 0.3) is 5.91 Å². The summed E-state index contributed by atoms with van der Waals surface area (Å²) >= 11 is 1.42. The van der Waals surface area contributed by atoms with Gasteiger partial charge < -0.3 is 10.2 Å². The van der Waals surface area contributed by atoms with Crippen molar-refractivity contribution in [2.75, 3.05) is 0 Å². The van der Waals surface area contributed by atoms with Gasteiger partial charge in [0.1, 0.15) is 12.0 Å². The van der Waals surface area contributed by atoms with E-state index in [4.69, 9.17) is 10.2 Å².